The van der Waals surface area contributed by atoms with Gasteiger partial charge in [0, 0.05) is 29.7 Å². The SMILES string of the molecule is CCC(CC(CC(ON1C(C)(C)CCCC1(C)C)c1ccc(CN(C(C)C)C(C)C)cc1)c1ccc(P(c2ccccc2)c2ccccc2)cc1)c1ccccc1. The van der Waals surface area contributed by atoms with E-state index in [9.17, 15) is 0 Å². The average Bonchev–Trinajstić information content (AvgIpc) is 3.20. The number of hydroxylamine groups is 2. The minimum atomic E-state index is -0.673. The molecular weight excluding hydrogens is 712 g/mol. The number of nitrogens with zero attached hydrogens (tertiary/aromatic N) is 2. The lowest BCUT2D eigenvalue weighted by Crippen LogP contribution is -2.58. The van der Waals surface area contributed by atoms with Crippen LogP contribution in [0.15, 0.2) is 140 Å². The molecular formula is C53H69N2OP. The summed E-state index contributed by atoms with van der Waals surface area (Å²) in [6, 6.07) is 53.5. The van der Waals surface area contributed by atoms with E-state index in [4.69, 9.17) is 4.84 Å². The minimum absolute atomic E-state index is 0.0614. The molecule has 0 aromatic heterocycles. The van der Waals surface area contributed by atoms with Crippen molar-refractivity contribution in [2.75, 3.05) is 0 Å². The topological polar surface area (TPSA) is 15.7 Å². The standard InChI is InChI=1S/C53H69N2OP/c1-10-43(44-21-14-11-15-22-44)37-47(45-31-33-50(34-32-45)57(48-23-16-12-17-24-48)49-25-18-13-19-26-49)38-51(56-55-52(6,7)35-20-36-53(55,8)9)46-29-27-42(28-30-46)39-54(40(2)3)41(4)5/h11-19,21-34,40-41,43,47,51H,10,20,35-39H2,1-9H3. The maximum absolute atomic E-state index is 7.48. The van der Waals surface area contributed by atoms with E-state index < -0.39 is 7.92 Å². The molecule has 0 spiro atoms. The van der Waals surface area contributed by atoms with Gasteiger partial charge in [-0.25, -0.2) is 0 Å². The van der Waals surface area contributed by atoms with Crippen molar-refractivity contribution >= 4 is 23.8 Å². The summed E-state index contributed by atoms with van der Waals surface area (Å²) >= 11 is 0. The van der Waals surface area contributed by atoms with Crippen LogP contribution in [-0.2, 0) is 11.4 Å². The van der Waals surface area contributed by atoms with Gasteiger partial charge in [-0.2, -0.15) is 5.06 Å². The van der Waals surface area contributed by atoms with Crippen LogP contribution in [0.2, 0.25) is 0 Å². The van der Waals surface area contributed by atoms with Gasteiger partial charge < -0.3 is 0 Å². The quantitative estimate of drug-likeness (QED) is 0.0874. The normalized spacial score (nSPS) is 17.3. The molecule has 0 bridgehead atoms. The van der Waals surface area contributed by atoms with Gasteiger partial charge in [0.25, 0.3) is 0 Å². The van der Waals surface area contributed by atoms with Crippen LogP contribution < -0.4 is 15.9 Å². The lowest BCUT2D eigenvalue weighted by atomic mass is 9.80. The number of hydrogen-bond donors (Lipinski definition) is 0. The molecule has 3 atom stereocenters. The van der Waals surface area contributed by atoms with Crippen molar-refractivity contribution < 1.29 is 4.84 Å². The molecule has 0 aliphatic carbocycles. The van der Waals surface area contributed by atoms with Crippen molar-refractivity contribution in [3.05, 3.63) is 162 Å². The monoisotopic (exact) mass is 781 g/mol. The van der Waals surface area contributed by atoms with Crippen molar-refractivity contribution in [2.24, 2.45) is 0 Å². The summed E-state index contributed by atoms with van der Waals surface area (Å²) in [5.41, 5.74) is 5.33. The van der Waals surface area contributed by atoms with Crippen LogP contribution in [0.3, 0.4) is 0 Å². The Hall–Kier alpha value is -3.59. The van der Waals surface area contributed by atoms with Gasteiger partial charge in [0.15, 0.2) is 0 Å². The van der Waals surface area contributed by atoms with Gasteiger partial charge in [-0.05, 0) is 152 Å². The van der Waals surface area contributed by atoms with Crippen molar-refractivity contribution in [1.82, 2.24) is 9.96 Å². The van der Waals surface area contributed by atoms with E-state index in [-0.39, 0.29) is 17.2 Å². The van der Waals surface area contributed by atoms with Crippen molar-refractivity contribution in [3.63, 3.8) is 0 Å². The summed E-state index contributed by atoms with van der Waals surface area (Å²) < 4.78 is 0. The van der Waals surface area contributed by atoms with E-state index in [1.165, 1.54) is 44.6 Å². The third kappa shape index (κ3) is 10.9. The maximum atomic E-state index is 7.48. The summed E-state index contributed by atoms with van der Waals surface area (Å²) in [5, 5.41) is 6.54. The molecule has 1 aliphatic heterocycles. The summed E-state index contributed by atoms with van der Waals surface area (Å²) in [6.07, 6.45) is 6.46. The van der Waals surface area contributed by atoms with Gasteiger partial charge in [-0.1, -0.05) is 146 Å². The smallest absolute Gasteiger partial charge is 0.105 e. The molecule has 3 unspecified atom stereocenters. The Bertz CT molecular complexity index is 1860. The van der Waals surface area contributed by atoms with Crippen LogP contribution in [-0.4, -0.2) is 33.1 Å². The maximum Gasteiger partial charge on any atom is 0.105 e. The first-order valence-corrected chi connectivity index (χ1v) is 23.1. The third-order valence-corrected chi connectivity index (χ3v) is 14.9. The first kappa shape index (κ1) is 43.0. The highest BCUT2D eigenvalue weighted by atomic mass is 31.1. The fourth-order valence-electron chi connectivity index (χ4n) is 9.37. The van der Waals surface area contributed by atoms with Crippen LogP contribution in [0.1, 0.15) is 141 Å². The first-order chi connectivity index (χ1) is 27.4. The number of piperidine rings is 1. The zero-order valence-electron chi connectivity index (χ0n) is 36.4. The van der Waals surface area contributed by atoms with Gasteiger partial charge in [-0.3, -0.25) is 9.74 Å². The van der Waals surface area contributed by atoms with E-state index in [0.717, 1.165) is 38.6 Å². The Morgan fingerprint density at radius 2 is 1.02 bits per heavy atom. The zero-order chi connectivity index (χ0) is 40.6. The van der Waals surface area contributed by atoms with E-state index in [2.05, 4.69) is 212 Å². The summed E-state index contributed by atoms with van der Waals surface area (Å²) in [7, 11) is -0.673. The molecule has 57 heavy (non-hydrogen) atoms. The Morgan fingerprint density at radius 3 is 1.51 bits per heavy atom. The first-order valence-electron chi connectivity index (χ1n) is 21.7. The second-order valence-corrected chi connectivity index (χ2v) is 20.5. The summed E-state index contributed by atoms with van der Waals surface area (Å²) in [5.74, 6) is 0.743. The summed E-state index contributed by atoms with van der Waals surface area (Å²) in [6.45, 7) is 22.0. The molecule has 1 fully saturated rings. The fraction of sp³-hybridized carbons (Fsp3) is 0.434. The highest BCUT2D eigenvalue weighted by Crippen LogP contribution is 2.45. The van der Waals surface area contributed by atoms with Crippen LogP contribution in [0.4, 0.5) is 0 Å². The second kappa shape index (κ2) is 19.4. The lowest BCUT2D eigenvalue weighted by Gasteiger charge is -2.52. The lowest BCUT2D eigenvalue weighted by molar-refractivity contribution is -0.308. The van der Waals surface area contributed by atoms with Gasteiger partial charge in [-0.15, -0.1) is 0 Å². The van der Waals surface area contributed by atoms with E-state index in [1.54, 1.807) is 0 Å². The van der Waals surface area contributed by atoms with E-state index >= 15 is 0 Å². The molecule has 3 nitrogen and oxygen atoms in total. The predicted octanol–water partition coefficient (Wildman–Crippen LogP) is 12.8. The average molecular weight is 781 g/mol. The Labute approximate surface area is 347 Å². The van der Waals surface area contributed by atoms with Crippen LogP contribution in [0.5, 0.6) is 0 Å². The second-order valence-electron chi connectivity index (χ2n) is 18.3. The van der Waals surface area contributed by atoms with Crippen molar-refractivity contribution in [1.29, 1.82) is 0 Å². The zero-order valence-corrected chi connectivity index (χ0v) is 37.3. The summed E-state index contributed by atoms with van der Waals surface area (Å²) in [4.78, 5) is 10.0. The molecule has 1 aliphatic rings. The molecule has 4 heteroatoms. The molecule has 0 saturated carbocycles. The van der Waals surface area contributed by atoms with Crippen molar-refractivity contribution in [2.45, 2.75) is 148 Å². The molecule has 302 valence electrons. The van der Waals surface area contributed by atoms with Crippen LogP contribution in [0.25, 0.3) is 0 Å². The minimum Gasteiger partial charge on any atom is -0.294 e. The molecule has 1 heterocycles. The predicted molar refractivity (Wildman–Crippen MR) is 247 cm³/mol. The van der Waals surface area contributed by atoms with E-state index in [0.29, 0.717) is 23.9 Å². The van der Waals surface area contributed by atoms with Crippen LogP contribution >= 0.6 is 7.92 Å². The Morgan fingerprint density at radius 1 is 0.561 bits per heavy atom. The molecule has 0 amide bonds. The van der Waals surface area contributed by atoms with Gasteiger partial charge in [0.2, 0.25) is 0 Å². The molecule has 0 radical (unpaired) electrons. The number of hydrogen-bond acceptors (Lipinski definition) is 3. The molecule has 5 aromatic rings. The molecule has 0 N–H and O–H groups in total. The van der Waals surface area contributed by atoms with Gasteiger partial charge >= 0.3 is 0 Å². The Kier molecular flexibility index (Phi) is 14.7. The van der Waals surface area contributed by atoms with Crippen LogP contribution in [0, 0.1) is 0 Å². The fourth-order valence-corrected chi connectivity index (χ4v) is 11.7. The largest absolute Gasteiger partial charge is 0.294 e. The third-order valence-electron chi connectivity index (χ3n) is 12.4. The highest BCUT2D eigenvalue weighted by Gasteiger charge is 2.44. The number of rotatable bonds is 17. The van der Waals surface area contributed by atoms with Gasteiger partial charge in [0.1, 0.15) is 6.10 Å². The van der Waals surface area contributed by atoms with Crippen molar-refractivity contribution in [3.8, 4) is 0 Å². The molecule has 6 rings (SSSR count). The van der Waals surface area contributed by atoms with E-state index in [1.807, 2.05) is 0 Å². The highest BCUT2D eigenvalue weighted by molar-refractivity contribution is 7.79. The van der Waals surface area contributed by atoms with Gasteiger partial charge in [0.05, 0.1) is 0 Å². The number of benzene rings is 5. The molecule has 5 aromatic carbocycles. The Balaban J connectivity index is 1.40. The molecule has 1 saturated heterocycles.